The topological polar surface area (TPSA) is 107 Å². The largest absolute Gasteiger partial charge is 0.497 e. The Morgan fingerprint density at radius 1 is 1.11 bits per heavy atom. The van der Waals surface area contributed by atoms with Gasteiger partial charge in [-0.15, -0.1) is 0 Å². The molecule has 3 atom stereocenters. The van der Waals surface area contributed by atoms with Gasteiger partial charge in [-0.3, -0.25) is 9.69 Å². The van der Waals surface area contributed by atoms with Crippen molar-refractivity contribution in [1.29, 1.82) is 0 Å². The molecule has 182 valence electrons. The van der Waals surface area contributed by atoms with Crippen LogP contribution in [0.25, 0.3) is 11.4 Å². The van der Waals surface area contributed by atoms with E-state index in [9.17, 15) is 14.0 Å². The summed E-state index contributed by atoms with van der Waals surface area (Å²) in [6.45, 7) is -0.0962. The Kier molecular flexibility index (Phi) is 6.10. The molecule has 1 saturated heterocycles. The SMILES string of the molecule is COc1cc(OC)cc(-c2noc(C3CCC4C(=O)N(Cc5ccccc5F)C(=O)NC4C3)n2)c1. The zero-order valence-electron chi connectivity index (χ0n) is 19.4. The predicted molar refractivity (Wildman–Crippen MR) is 122 cm³/mol. The molecule has 2 fully saturated rings. The molecule has 0 bridgehead atoms. The van der Waals surface area contributed by atoms with E-state index in [1.807, 2.05) is 0 Å². The second-order valence-corrected chi connectivity index (χ2v) is 8.75. The highest BCUT2D eigenvalue weighted by Crippen LogP contribution is 2.39. The minimum atomic E-state index is -0.519. The smallest absolute Gasteiger partial charge is 0.324 e. The van der Waals surface area contributed by atoms with Crippen molar-refractivity contribution < 1.29 is 28.0 Å². The van der Waals surface area contributed by atoms with Gasteiger partial charge in [0.15, 0.2) is 0 Å². The number of imide groups is 1. The highest BCUT2D eigenvalue weighted by molar-refractivity contribution is 5.98. The average Bonchev–Trinajstić information content (AvgIpc) is 3.37. The van der Waals surface area contributed by atoms with Gasteiger partial charge in [-0.2, -0.15) is 4.98 Å². The van der Waals surface area contributed by atoms with Crippen LogP contribution >= 0.6 is 0 Å². The van der Waals surface area contributed by atoms with E-state index in [2.05, 4.69) is 15.5 Å². The number of carbonyl (C=O) groups excluding carboxylic acids is 2. The number of amides is 3. The lowest BCUT2D eigenvalue weighted by Gasteiger charge is -2.41. The van der Waals surface area contributed by atoms with Crippen LogP contribution in [0, 0.1) is 11.7 Å². The molecule has 3 amide bonds. The van der Waals surface area contributed by atoms with Gasteiger partial charge in [0, 0.05) is 29.2 Å². The summed E-state index contributed by atoms with van der Waals surface area (Å²) in [6, 6.07) is 10.6. The van der Waals surface area contributed by atoms with E-state index < -0.39 is 11.8 Å². The fourth-order valence-corrected chi connectivity index (χ4v) is 4.79. The Morgan fingerprint density at radius 2 is 1.86 bits per heavy atom. The summed E-state index contributed by atoms with van der Waals surface area (Å²) in [5, 5.41) is 7.05. The highest BCUT2D eigenvalue weighted by atomic mass is 19.1. The number of carbonyl (C=O) groups is 2. The number of fused-ring (bicyclic) bond motifs is 1. The maximum absolute atomic E-state index is 14.1. The fraction of sp³-hybridized carbons (Fsp3) is 0.360. The number of hydrogen-bond donors (Lipinski definition) is 1. The van der Waals surface area contributed by atoms with E-state index in [1.54, 1.807) is 50.6 Å². The Balaban J connectivity index is 1.30. The monoisotopic (exact) mass is 480 g/mol. The number of nitrogens with one attached hydrogen (secondary N) is 1. The molecule has 3 unspecified atom stereocenters. The van der Waals surface area contributed by atoms with E-state index >= 15 is 0 Å². The van der Waals surface area contributed by atoms with E-state index in [4.69, 9.17) is 14.0 Å². The number of aromatic nitrogens is 2. The Hall–Kier alpha value is -3.95. The van der Waals surface area contributed by atoms with Crippen LogP contribution in [0.2, 0.25) is 0 Å². The van der Waals surface area contributed by atoms with Gasteiger partial charge < -0.3 is 19.3 Å². The molecule has 9 nitrogen and oxygen atoms in total. The predicted octanol–water partition coefficient (Wildman–Crippen LogP) is 3.90. The van der Waals surface area contributed by atoms with Gasteiger partial charge >= 0.3 is 6.03 Å². The third-order valence-electron chi connectivity index (χ3n) is 6.67. The number of halogens is 1. The summed E-state index contributed by atoms with van der Waals surface area (Å²) < 4.78 is 30.3. The summed E-state index contributed by atoms with van der Waals surface area (Å²) in [7, 11) is 3.13. The first-order chi connectivity index (χ1) is 17.0. The molecule has 1 aromatic heterocycles. The molecule has 1 N–H and O–H groups in total. The minimum absolute atomic E-state index is 0.0962. The zero-order chi connectivity index (χ0) is 24.5. The lowest BCUT2D eigenvalue weighted by atomic mass is 9.76. The second-order valence-electron chi connectivity index (χ2n) is 8.75. The van der Waals surface area contributed by atoms with Crippen molar-refractivity contribution in [2.24, 2.45) is 5.92 Å². The number of rotatable bonds is 6. The second kappa shape index (κ2) is 9.36. The summed E-state index contributed by atoms with van der Waals surface area (Å²) in [5.41, 5.74) is 0.991. The third kappa shape index (κ3) is 4.43. The first-order valence-corrected chi connectivity index (χ1v) is 11.4. The van der Waals surface area contributed by atoms with Crippen molar-refractivity contribution in [1.82, 2.24) is 20.4 Å². The maximum Gasteiger partial charge on any atom is 0.324 e. The van der Waals surface area contributed by atoms with Crippen LogP contribution in [0.15, 0.2) is 47.0 Å². The van der Waals surface area contributed by atoms with Gasteiger partial charge in [0.2, 0.25) is 17.6 Å². The number of urea groups is 1. The molecule has 10 heteroatoms. The Labute approximate surface area is 201 Å². The van der Waals surface area contributed by atoms with Gasteiger partial charge in [-0.1, -0.05) is 23.4 Å². The Bertz CT molecular complexity index is 1240. The molecule has 0 radical (unpaired) electrons. The molecule has 2 aromatic carbocycles. The third-order valence-corrected chi connectivity index (χ3v) is 6.67. The van der Waals surface area contributed by atoms with Crippen LogP contribution < -0.4 is 14.8 Å². The first kappa shape index (κ1) is 22.8. The standard InChI is InChI=1S/C25H25FN4O5/c1-33-17-9-16(10-18(12-17)34-2)22-28-23(35-29-22)14-7-8-19-21(11-14)27-25(32)30(24(19)31)13-15-5-3-4-6-20(15)26/h3-6,9-10,12,14,19,21H,7-8,11,13H2,1-2H3,(H,27,32). The molecule has 1 aliphatic carbocycles. The van der Waals surface area contributed by atoms with Crippen molar-refractivity contribution in [2.45, 2.75) is 37.8 Å². The molecular formula is C25H25FN4O5. The van der Waals surface area contributed by atoms with Crippen molar-refractivity contribution in [3.63, 3.8) is 0 Å². The normalized spacial score (nSPS) is 21.9. The lowest BCUT2D eigenvalue weighted by Crippen LogP contribution is -2.61. The quantitative estimate of drug-likeness (QED) is 0.570. The summed E-state index contributed by atoms with van der Waals surface area (Å²) in [5.74, 6) is 0.867. The van der Waals surface area contributed by atoms with Crippen LogP contribution in [0.3, 0.4) is 0 Å². The van der Waals surface area contributed by atoms with Crippen LogP contribution in [0.5, 0.6) is 11.5 Å². The highest BCUT2D eigenvalue weighted by Gasteiger charge is 2.45. The maximum atomic E-state index is 14.1. The number of benzene rings is 2. The molecule has 2 heterocycles. The van der Waals surface area contributed by atoms with E-state index in [-0.39, 0.29) is 30.3 Å². The molecule has 3 aromatic rings. The van der Waals surface area contributed by atoms with Crippen molar-refractivity contribution >= 4 is 11.9 Å². The zero-order valence-corrected chi connectivity index (χ0v) is 19.4. The minimum Gasteiger partial charge on any atom is -0.497 e. The van der Waals surface area contributed by atoms with Crippen LogP contribution in [0.4, 0.5) is 9.18 Å². The molecule has 2 aliphatic rings. The van der Waals surface area contributed by atoms with Gasteiger partial charge in [-0.25, -0.2) is 9.18 Å². The number of hydrogen-bond acceptors (Lipinski definition) is 7. The Morgan fingerprint density at radius 3 is 2.57 bits per heavy atom. The molecule has 35 heavy (non-hydrogen) atoms. The van der Waals surface area contributed by atoms with E-state index in [1.165, 1.54) is 6.07 Å². The van der Waals surface area contributed by atoms with Gasteiger partial charge in [0.1, 0.15) is 17.3 Å². The van der Waals surface area contributed by atoms with E-state index in [0.717, 1.165) is 4.90 Å². The van der Waals surface area contributed by atoms with Crippen molar-refractivity contribution in [2.75, 3.05) is 14.2 Å². The molecular weight excluding hydrogens is 455 g/mol. The average molecular weight is 480 g/mol. The fourth-order valence-electron chi connectivity index (χ4n) is 4.79. The van der Waals surface area contributed by atoms with Crippen LogP contribution in [0.1, 0.15) is 36.6 Å². The van der Waals surface area contributed by atoms with Crippen molar-refractivity contribution in [3.05, 3.63) is 59.7 Å². The molecule has 0 spiro atoms. The van der Waals surface area contributed by atoms with Gasteiger partial charge in [0.25, 0.3) is 0 Å². The van der Waals surface area contributed by atoms with Gasteiger partial charge in [-0.05, 0) is 37.5 Å². The molecule has 1 aliphatic heterocycles. The summed E-state index contributed by atoms with van der Waals surface area (Å²) in [6.07, 6.45) is 1.70. The molecule has 1 saturated carbocycles. The number of ether oxygens (including phenoxy) is 2. The molecule has 5 rings (SSSR count). The van der Waals surface area contributed by atoms with Crippen molar-refractivity contribution in [3.8, 4) is 22.9 Å². The first-order valence-electron chi connectivity index (χ1n) is 11.4. The summed E-state index contributed by atoms with van der Waals surface area (Å²) >= 11 is 0. The van der Waals surface area contributed by atoms with Crippen LogP contribution in [-0.2, 0) is 11.3 Å². The summed E-state index contributed by atoms with van der Waals surface area (Å²) in [4.78, 5) is 31.5. The van der Waals surface area contributed by atoms with Gasteiger partial charge in [0.05, 0.1) is 26.7 Å². The lowest BCUT2D eigenvalue weighted by molar-refractivity contribution is -0.137. The number of methoxy groups -OCH3 is 2. The van der Waals surface area contributed by atoms with E-state index in [0.29, 0.717) is 53.6 Å². The number of nitrogens with zero attached hydrogens (tertiary/aromatic N) is 3. The van der Waals surface area contributed by atoms with Crippen LogP contribution in [-0.4, -0.2) is 47.2 Å².